The number of nitrogens with zero attached hydrogens (tertiary/aromatic N) is 2. The van der Waals surface area contributed by atoms with Gasteiger partial charge in [0.25, 0.3) is 0 Å². The zero-order chi connectivity index (χ0) is 27.0. The van der Waals surface area contributed by atoms with Crippen LogP contribution >= 0.6 is 23.2 Å². The number of hydrogen-bond acceptors (Lipinski definition) is 4. The maximum atomic E-state index is 13.4. The molecule has 198 valence electrons. The first-order valence-electron chi connectivity index (χ1n) is 11.9. The summed E-state index contributed by atoms with van der Waals surface area (Å²) < 4.78 is 26.2. The van der Waals surface area contributed by atoms with Gasteiger partial charge in [0, 0.05) is 35.6 Å². The molecule has 0 aliphatic rings. The van der Waals surface area contributed by atoms with Gasteiger partial charge in [0.05, 0.1) is 11.9 Å². The van der Waals surface area contributed by atoms with Crippen LogP contribution in [-0.4, -0.2) is 50.0 Å². The van der Waals surface area contributed by atoms with Crippen molar-refractivity contribution in [2.24, 2.45) is 0 Å². The number of benzene rings is 2. The molecule has 36 heavy (non-hydrogen) atoms. The molecule has 2 atom stereocenters. The predicted octanol–water partition coefficient (Wildman–Crippen LogP) is 5.18. The maximum absolute atomic E-state index is 13.4. The highest BCUT2D eigenvalue weighted by molar-refractivity contribution is 7.92. The molecular weight excluding hydrogens is 521 g/mol. The fraction of sp³-hybridized carbons (Fsp3) is 0.462. The van der Waals surface area contributed by atoms with Crippen molar-refractivity contribution in [2.45, 2.75) is 65.6 Å². The lowest BCUT2D eigenvalue weighted by atomic mass is 10.1. The number of hydrogen-bond donors (Lipinski definition) is 1. The largest absolute Gasteiger partial charge is 0.352 e. The lowest BCUT2D eigenvalue weighted by Gasteiger charge is -2.30. The van der Waals surface area contributed by atoms with Crippen LogP contribution in [0, 0.1) is 6.92 Å². The smallest absolute Gasteiger partial charge is 0.242 e. The molecule has 0 saturated heterocycles. The summed E-state index contributed by atoms with van der Waals surface area (Å²) in [7, 11) is -3.54. The topological polar surface area (TPSA) is 86.8 Å². The monoisotopic (exact) mass is 555 g/mol. The summed E-state index contributed by atoms with van der Waals surface area (Å²) >= 11 is 12.4. The summed E-state index contributed by atoms with van der Waals surface area (Å²) in [6.45, 7) is 7.69. The van der Waals surface area contributed by atoms with Gasteiger partial charge in [-0.1, -0.05) is 48.3 Å². The van der Waals surface area contributed by atoms with Crippen molar-refractivity contribution in [3.8, 4) is 0 Å². The van der Waals surface area contributed by atoms with E-state index in [9.17, 15) is 18.0 Å². The Kier molecular flexibility index (Phi) is 11.1. The summed E-state index contributed by atoms with van der Waals surface area (Å²) in [4.78, 5) is 27.7. The summed E-state index contributed by atoms with van der Waals surface area (Å²) in [6, 6.07) is 11.4. The average molecular weight is 557 g/mol. The van der Waals surface area contributed by atoms with E-state index in [-0.39, 0.29) is 43.8 Å². The second kappa shape index (κ2) is 13.3. The highest BCUT2D eigenvalue weighted by Crippen LogP contribution is 2.24. The van der Waals surface area contributed by atoms with Crippen LogP contribution in [0.5, 0.6) is 0 Å². The number of anilines is 1. The van der Waals surface area contributed by atoms with Crippen molar-refractivity contribution >= 4 is 50.7 Å². The molecule has 0 radical (unpaired) electrons. The minimum absolute atomic E-state index is 0.0336. The summed E-state index contributed by atoms with van der Waals surface area (Å²) in [5.74, 6) is -0.536. The van der Waals surface area contributed by atoms with E-state index >= 15 is 0 Å². The number of rotatable bonds is 12. The van der Waals surface area contributed by atoms with Gasteiger partial charge < -0.3 is 10.2 Å². The SMILES string of the molecule is CCC(C)NC(=O)C(C)N(Cc1ccc(Cl)cc1Cl)C(=O)CCCN(c1cccc(C)c1)S(C)(=O)=O. The normalized spacial score (nSPS) is 13.1. The molecule has 7 nitrogen and oxygen atoms in total. The molecule has 10 heteroatoms. The Morgan fingerprint density at radius 2 is 1.78 bits per heavy atom. The van der Waals surface area contributed by atoms with Gasteiger partial charge in [0.1, 0.15) is 6.04 Å². The zero-order valence-electron chi connectivity index (χ0n) is 21.4. The second-order valence-corrected chi connectivity index (χ2v) is 11.8. The lowest BCUT2D eigenvalue weighted by Crippen LogP contribution is -2.49. The molecule has 0 heterocycles. The summed E-state index contributed by atoms with van der Waals surface area (Å²) in [5, 5.41) is 3.79. The van der Waals surface area contributed by atoms with Crippen LogP contribution < -0.4 is 9.62 Å². The molecule has 0 fully saturated rings. The van der Waals surface area contributed by atoms with Gasteiger partial charge >= 0.3 is 0 Å². The quantitative estimate of drug-likeness (QED) is 0.391. The summed E-state index contributed by atoms with van der Waals surface area (Å²) in [5.41, 5.74) is 2.15. The van der Waals surface area contributed by atoms with E-state index < -0.39 is 16.1 Å². The van der Waals surface area contributed by atoms with E-state index in [1.807, 2.05) is 26.8 Å². The molecule has 1 N–H and O–H groups in total. The molecular formula is C26H35Cl2N3O4S. The first kappa shape index (κ1) is 29.9. The van der Waals surface area contributed by atoms with Crippen LogP contribution in [0.4, 0.5) is 5.69 Å². The van der Waals surface area contributed by atoms with Gasteiger partial charge in [-0.25, -0.2) is 8.42 Å². The van der Waals surface area contributed by atoms with Crippen LogP contribution in [0.2, 0.25) is 10.0 Å². The Morgan fingerprint density at radius 1 is 1.08 bits per heavy atom. The van der Waals surface area contributed by atoms with Crippen LogP contribution in [0.1, 0.15) is 51.2 Å². The van der Waals surface area contributed by atoms with Crippen molar-refractivity contribution in [1.82, 2.24) is 10.2 Å². The third-order valence-electron chi connectivity index (χ3n) is 5.97. The van der Waals surface area contributed by atoms with E-state index in [2.05, 4.69) is 5.32 Å². The van der Waals surface area contributed by atoms with Crippen molar-refractivity contribution in [3.05, 3.63) is 63.6 Å². The molecule has 0 saturated carbocycles. The predicted molar refractivity (Wildman–Crippen MR) is 147 cm³/mol. The summed E-state index contributed by atoms with van der Waals surface area (Å²) in [6.07, 6.45) is 2.25. The van der Waals surface area contributed by atoms with Crippen LogP contribution in [-0.2, 0) is 26.2 Å². The Labute approximate surface area is 224 Å². The maximum Gasteiger partial charge on any atom is 0.242 e. The Balaban J connectivity index is 2.21. The standard InChI is InChI=1S/C26H35Cl2N3O4S/c1-6-19(3)29-26(33)20(4)30(17-21-12-13-22(27)16-24(21)28)25(32)11-8-14-31(36(5,34)35)23-10-7-9-18(2)15-23/h7,9-10,12-13,15-16,19-20H,6,8,11,14,17H2,1-5H3,(H,29,33). The van der Waals surface area contributed by atoms with Gasteiger partial charge in [0.2, 0.25) is 21.8 Å². The van der Waals surface area contributed by atoms with E-state index in [1.165, 1.54) is 9.21 Å². The minimum Gasteiger partial charge on any atom is -0.352 e. The average Bonchev–Trinajstić information content (AvgIpc) is 2.79. The molecule has 2 rings (SSSR count). The highest BCUT2D eigenvalue weighted by Gasteiger charge is 2.27. The van der Waals surface area contributed by atoms with Gasteiger partial charge in [0.15, 0.2) is 0 Å². The van der Waals surface area contributed by atoms with E-state index in [0.29, 0.717) is 21.3 Å². The number of nitrogens with one attached hydrogen (secondary N) is 1. The van der Waals surface area contributed by atoms with Gasteiger partial charge in [-0.15, -0.1) is 0 Å². The van der Waals surface area contributed by atoms with Crippen LogP contribution in [0.25, 0.3) is 0 Å². The van der Waals surface area contributed by atoms with Gasteiger partial charge in [-0.05, 0) is 69.0 Å². The van der Waals surface area contributed by atoms with Crippen LogP contribution in [0.15, 0.2) is 42.5 Å². The van der Waals surface area contributed by atoms with E-state index in [0.717, 1.165) is 18.2 Å². The lowest BCUT2D eigenvalue weighted by molar-refractivity contribution is -0.140. The molecule has 2 aromatic carbocycles. The fourth-order valence-corrected chi connectivity index (χ4v) is 5.09. The number of aryl methyl sites for hydroxylation is 1. The molecule has 0 aliphatic heterocycles. The van der Waals surface area contributed by atoms with Crippen molar-refractivity contribution < 1.29 is 18.0 Å². The Hall–Kier alpha value is -2.29. The first-order valence-corrected chi connectivity index (χ1v) is 14.5. The minimum atomic E-state index is -3.54. The number of halogens is 2. The third-order valence-corrected chi connectivity index (χ3v) is 7.75. The molecule has 0 aliphatic carbocycles. The zero-order valence-corrected chi connectivity index (χ0v) is 23.8. The Bertz CT molecular complexity index is 1170. The van der Waals surface area contributed by atoms with Gasteiger partial charge in [-0.2, -0.15) is 0 Å². The second-order valence-electron chi connectivity index (χ2n) is 9.03. The number of sulfonamides is 1. The first-order chi connectivity index (χ1) is 16.8. The fourth-order valence-electron chi connectivity index (χ4n) is 3.67. The molecule has 2 unspecified atom stereocenters. The van der Waals surface area contributed by atoms with E-state index in [4.69, 9.17) is 23.2 Å². The van der Waals surface area contributed by atoms with Crippen LogP contribution in [0.3, 0.4) is 0 Å². The molecule has 0 spiro atoms. The highest BCUT2D eigenvalue weighted by atomic mass is 35.5. The number of carbonyl (C=O) groups is 2. The molecule has 0 bridgehead atoms. The van der Waals surface area contributed by atoms with Gasteiger partial charge in [-0.3, -0.25) is 13.9 Å². The molecule has 2 amide bonds. The molecule has 2 aromatic rings. The van der Waals surface area contributed by atoms with Crippen molar-refractivity contribution in [1.29, 1.82) is 0 Å². The van der Waals surface area contributed by atoms with Crippen molar-refractivity contribution in [3.63, 3.8) is 0 Å². The Morgan fingerprint density at radius 3 is 2.36 bits per heavy atom. The van der Waals surface area contributed by atoms with Crippen molar-refractivity contribution in [2.75, 3.05) is 17.1 Å². The number of carbonyl (C=O) groups excluding carboxylic acids is 2. The number of amides is 2. The van der Waals surface area contributed by atoms with E-state index in [1.54, 1.807) is 43.3 Å². The molecule has 0 aromatic heterocycles. The third kappa shape index (κ3) is 8.68.